The van der Waals surface area contributed by atoms with E-state index in [9.17, 15) is 0 Å². The Hall–Kier alpha value is -2.11. The maximum atomic E-state index is 5.79. The molecule has 0 bridgehead atoms. The van der Waals surface area contributed by atoms with Crippen molar-refractivity contribution in [3.8, 4) is 11.5 Å². The molecule has 1 aromatic carbocycles. The topological polar surface area (TPSA) is 43.8 Å². The molecule has 1 fully saturated rings. The number of aromatic nitrogens is 1. The van der Waals surface area contributed by atoms with E-state index in [1.165, 1.54) is 24.8 Å². The van der Waals surface area contributed by atoms with Gasteiger partial charge in [-0.05, 0) is 43.1 Å². The number of para-hydroxylation sites is 2. The van der Waals surface area contributed by atoms with E-state index in [0.29, 0.717) is 25.9 Å². The number of rotatable bonds is 9. The molecule has 0 radical (unpaired) electrons. The number of hydrogen-bond acceptors (Lipinski definition) is 5. The molecule has 1 saturated heterocycles. The van der Waals surface area contributed by atoms with Crippen molar-refractivity contribution >= 4 is 0 Å². The molecule has 0 spiro atoms. The minimum absolute atomic E-state index is 0.464. The van der Waals surface area contributed by atoms with Crippen LogP contribution in [0.1, 0.15) is 30.9 Å². The van der Waals surface area contributed by atoms with Crippen LogP contribution < -0.4 is 9.47 Å². The van der Waals surface area contributed by atoms with Gasteiger partial charge in [-0.25, -0.2) is 0 Å². The highest BCUT2D eigenvalue weighted by molar-refractivity contribution is 5.39. The summed E-state index contributed by atoms with van der Waals surface area (Å²) < 4.78 is 16.8. The molecule has 2 heterocycles. The van der Waals surface area contributed by atoms with Crippen molar-refractivity contribution in [2.75, 3.05) is 40.0 Å². The highest BCUT2D eigenvalue weighted by Crippen LogP contribution is 2.30. The molecule has 1 aromatic heterocycles. The number of methoxy groups -OCH3 is 1. The first-order chi connectivity index (χ1) is 12.9. The summed E-state index contributed by atoms with van der Waals surface area (Å²) in [7, 11) is 1.65. The summed E-state index contributed by atoms with van der Waals surface area (Å²) in [5, 5.41) is 0. The Morgan fingerprint density at radius 2 is 1.92 bits per heavy atom. The number of likely N-dealkylation sites (tertiary alicyclic amines) is 1. The number of nitrogens with zero attached hydrogens (tertiary/aromatic N) is 2. The molecule has 1 atom stereocenters. The molecular weight excluding hydrogens is 328 g/mol. The second-order valence-corrected chi connectivity index (χ2v) is 6.45. The van der Waals surface area contributed by atoms with Gasteiger partial charge in [0.2, 0.25) is 0 Å². The average Bonchev–Trinajstić information content (AvgIpc) is 2.72. The maximum absolute atomic E-state index is 5.79. The van der Waals surface area contributed by atoms with Crippen LogP contribution in [0.2, 0.25) is 0 Å². The molecule has 5 nitrogen and oxygen atoms in total. The molecular formula is C21H28N2O3. The van der Waals surface area contributed by atoms with Gasteiger partial charge in [0, 0.05) is 25.0 Å². The second-order valence-electron chi connectivity index (χ2n) is 6.45. The van der Waals surface area contributed by atoms with Gasteiger partial charge in [-0.15, -0.1) is 0 Å². The highest BCUT2D eigenvalue weighted by Gasteiger charge is 2.23. The molecule has 1 aliphatic heterocycles. The number of piperidine rings is 1. The van der Waals surface area contributed by atoms with Crippen molar-refractivity contribution in [2.45, 2.75) is 25.3 Å². The normalized spacial score (nSPS) is 17.8. The Bertz CT molecular complexity index is 651. The first-order valence-electron chi connectivity index (χ1n) is 9.36. The molecule has 1 aliphatic rings. The van der Waals surface area contributed by atoms with Gasteiger partial charge in [0.1, 0.15) is 6.61 Å². The third-order valence-corrected chi connectivity index (χ3v) is 4.76. The van der Waals surface area contributed by atoms with E-state index in [0.717, 1.165) is 24.6 Å². The van der Waals surface area contributed by atoms with Crippen LogP contribution in [0, 0.1) is 0 Å². The summed E-state index contributed by atoms with van der Waals surface area (Å²) in [5.74, 6) is 1.51. The summed E-state index contributed by atoms with van der Waals surface area (Å²) in [6.45, 7) is 3.87. The van der Waals surface area contributed by atoms with E-state index in [2.05, 4.69) is 16.0 Å². The lowest BCUT2D eigenvalue weighted by molar-refractivity contribution is 0.0567. The molecule has 0 unspecified atom stereocenters. The van der Waals surface area contributed by atoms with Gasteiger partial charge in [0.25, 0.3) is 0 Å². The van der Waals surface area contributed by atoms with Gasteiger partial charge < -0.3 is 14.2 Å². The number of benzene rings is 1. The molecule has 5 heteroatoms. The first kappa shape index (κ1) is 18.7. The third kappa shape index (κ3) is 5.19. The summed E-state index contributed by atoms with van der Waals surface area (Å²) in [6.07, 6.45) is 7.56. The zero-order valence-corrected chi connectivity index (χ0v) is 15.5. The molecule has 0 amide bonds. The van der Waals surface area contributed by atoms with Crippen LogP contribution in [-0.2, 0) is 4.74 Å². The molecule has 0 saturated carbocycles. The van der Waals surface area contributed by atoms with Crippen molar-refractivity contribution in [3.63, 3.8) is 0 Å². The Kier molecular flexibility index (Phi) is 7.28. The highest BCUT2D eigenvalue weighted by atomic mass is 16.5. The largest absolute Gasteiger partial charge is 0.493 e. The van der Waals surface area contributed by atoms with Crippen LogP contribution in [0.5, 0.6) is 11.5 Å². The molecule has 0 aliphatic carbocycles. The van der Waals surface area contributed by atoms with Crippen LogP contribution in [0.15, 0.2) is 48.8 Å². The maximum Gasteiger partial charge on any atom is 0.161 e. The van der Waals surface area contributed by atoms with Crippen molar-refractivity contribution in [3.05, 3.63) is 54.4 Å². The Morgan fingerprint density at radius 1 is 1.04 bits per heavy atom. The summed E-state index contributed by atoms with van der Waals surface area (Å²) >= 11 is 0. The van der Waals surface area contributed by atoms with Gasteiger partial charge >= 0.3 is 0 Å². The molecule has 0 N–H and O–H groups in total. The Balaban J connectivity index is 1.38. The number of ether oxygens (including phenoxy) is 3. The molecule has 26 heavy (non-hydrogen) atoms. The third-order valence-electron chi connectivity index (χ3n) is 4.76. The van der Waals surface area contributed by atoms with E-state index in [-0.39, 0.29) is 0 Å². The van der Waals surface area contributed by atoms with Crippen LogP contribution in [0.4, 0.5) is 0 Å². The van der Waals surface area contributed by atoms with Crippen molar-refractivity contribution < 1.29 is 14.2 Å². The molecule has 3 rings (SSSR count). The van der Waals surface area contributed by atoms with Crippen LogP contribution >= 0.6 is 0 Å². The van der Waals surface area contributed by atoms with Crippen LogP contribution in [-0.4, -0.2) is 49.9 Å². The lowest BCUT2D eigenvalue weighted by Crippen LogP contribution is -2.36. The molecule has 140 valence electrons. The van der Waals surface area contributed by atoms with Crippen molar-refractivity contribution in [1.29, 1.82) is 0 Å². The van der Waals surface area contributed by atoms with Gasteiger partial charge in [-0.2, -0.15) is 0 Å². The number of hydrogen-bond donors (Lipinski definition) is 0. The zero-order chi connectivity index (χ0) is 18.0. The lowest BCUT2D eigenvalue weighted by atomic mass is 9.96. The van der Waals surface area contributed by atoms with E-state index in [4.69, 9.17) is 14.2 Å². The van der Waals surface area contributed by atoms with Gasteiger partial charge in [-0.3, -0.25) is 9.88 Å². The Morgan fingerprint density at radius 3 is 2.73 bits per heavy atom. The SMILES string of the molecule is COc1ccccc1OCCOCCN1CCCC[C@@H]1c1cccnc1. The van der Waals surface area contributed by atoms with Crippen LogP contribution in [0.25, 0.3) is 0 Å². The quantitative estimate of drug-likeness (QED) is 0.641. The average molecular weight is 356 g/mol. The summed E-state index contributed by atoms with van der Waals surface area (Å²) in [4.78, 5) is 6.79. The second kappa shape index (κ2) is 10.1. The van der Waals surface area contributed by atoms with Gasteiger partial charge in [-0.1, -0.05) is 24.6 Å². The lowest BCUT2D eigenvalue weighted by Gasteiger charge is -2.35. The minimum Gasteiger partial charge on any atom is -0.493 e. The van der Waals surface area contributed by atoms with Gasteiger partial charge in [0.15, 0.2) is 11.5 Å². The predicted molar refractivity (Wildman–Crippen MR) is 102 cm³/mol. The smallest absolute Gasteiger partial charge is 0.161 e. The van der Waals surface area contributed by atoms with Crippen molar-refractivity contribution in [2.24, 2.45) is 0 Å². The standard InChI is InChI=1S/C21H28N2O3/c1-24-20-9-2-3-10-21(20)26-16-15-25-14-13-23-12-5-4-8-19(23)18-7-6-11-22-17-18/h2-3,6-7,9-11,17,19H,4-5,8,12-16H2,1H3/t19-/m1/s1. The fourth-order valence-electron chi connectivity index (χ4n) is 3.44. The van der Waals surface area contributed by atoms with Crippen LogP contribution in [0.3, 0.4) is 0 Å². The zero-order valence-electron chi connectivity index (χ0n) is 15.5. The minimum atomic E-state index is 0.464. The van der Waals surface area contributed by atoms with E-state index in [1.54, 1.807) is 7.11 Å². The van der Waals surface area contributed by atoms with Gasteiger partial charge in [0.05, 0.1) is 20.3 Å². The first-order valence-corrected chi connectivity index (χ1v) is 9.36. The monoisotopic (exact) mass is 356 g/mol. The fraction of sp³-hybridized carbons (Fsp3) is 0.476. The molecule has 2 aromatic rings. The fourth-order valence-corrected chi connectivity index (χ4v) is 3.44. The van der Waals surface area contributed by atoms with Crippen molar-refractivity contribution in [1.82, 2.24) is 9.88 Å². The predicted octanol–water partition coefficient (Wildman–Crippen LogP) is 3.71. The Labute approximate surface area is 155 Å². The van der Waals surface area contributed by atoms with E-state index in [1.807, 2.05) is 42.7 Å². The summed E-state index contributed by atoms with van der Waals surface area (Å²) in [6, 6.07) is 12.3. The van der Waals surface area contributed by atoms with E-state index < -0.39 is 0 Å². The van der Waals surface area contributed by atoms with E-state index >= 15 is 0 Å². The summed E-state index contributed by atoms with van der Waals surface area (Å²) in [5.41, 5.74) is 1.31. The number of pyridine rings is 1.